The van der Waals surface area contributed by atoms with Crippen LogP contribution in [0.2, 0.25) is 0 Å². The molecule has 1 aromatic rings. The first kappa shape index (κ1) is 15.9. The average molecular weight is 277 g/mol. The van der Waals surface area contributed by atoms with Crippen LogP contribution in [0.3, 0.4) is 0 Å². The van der Waals surface area contributed by atoms with Crippen LogP contribution in [-0.2, 0) is 32.0 Å². The minimum absolute atomic E-state index is 0.562. The van der Waals surface area contributed by atoms with Crippen molar-refractivity contribution in [3.63, 3.8) is 0 Å². The predicted octanol–water partition coefficient (Wildman–Crippen LogP) is 1.34. The molecule has 0 spiro atoms. The van der Waals surface area contributed by atoms with Crippen molar-refractivity contribution in [3.8, 4) is 0 Å². The highest BCUT2D eigenvalue weighted by Crippen LogP contribution is 2.14. The number of benzene rings is 1. The van der Waals surface area contributed by atoms with Gasteiger partial charge in [0.2, 0.25) is 6.41 Å². The third-order valence-electron chi connectivity index (χ3n) is 2.89. The molecule has 1 aromatic carbocycles. The van der Waals surface area contributed by atoms with Crippen molar-refractivity contribution in [2.24, 2.45) is 0 Å². The fourth-order valence-corrected chi connectivity index (χ4v) is 1.99. The van der Waals surface area contributed by atoms with E-state index in [1.165, 1.54) is 25.0 Å². The summed E-state index contributed by atoms with van der Waals surface area (Å²) in [5, 5.41) is 0. The van der Waals surface area contributed by atoms with E-state index in [0.29, 0.717) is 0 Å². The van der Waals surface area contributed by atoms with Gasteiger partial charge in [-0.1, -0.05) is 24.3 Å². The number of carbonyl (C=O) groups is 3. The monoisotopic (exact) mass is 277 g/mol. The molecule has 0 atom stereocenters. The van der Waals surface area contributed by atoms with Crippen LogP contribution >= 0.6 is 0 Å². The molecule has 1 aliphatic heterocycles. The Morgan fingerprint density at radius 3 is 1.80 bits per heavy atom. The van der Waals surface area contributed by atoms with Crippen molar-refractivity contribution in [2.75, 3.05) is 13.1 Å². The SMILES string of the molecule is CC(=O)OC(C)=O.O=CN1CCc2ccccc2CC1. The minimum Gasteiger partial charge on any atom is -0.394 e. The predicted molar refractivity (Wildman–Crippen MR) is 73.9 cm³/mol. The van der Waals surface area contributed by atoms with Gasteiger partial charge in [0.15, 0.2) is 0 Å². The van der Waals surface area contributed by atoms with E-state index >= 15 is 0 Å². The zero-order valence-corrected chi connectivity index (χ0v) is 11.8. The van der Waals surface area contributed by atoms with E-state index in [4.69, 9.17) is 0 Å². The number of rotatable bonds is 1. The van der Waals surface area contributed by atoms with E-state index in [1.54, 1.807) is 0 Å². The summed E-state index contributed by atoms with van der Waals surface area (Å²) >= 11 is 0. The number of hydrogen-bond donors (Lipinski definition) is 0. The molecule has 1 amide bonds. The number of nitrogens with zero attached hydrogens (tertiary/aromatic N) is 1. The molecule has 0 aromatic heterocycles. The molecule has 5 nitrogen and oxygen atoms in total. The molecular formula is C15H19NO4. The zero-order chi connectivity index (χ0) is 15.0. The third kappa shape index (κ3) is 5.65. The molecule has 0 radical (unpaired) electrons. The Kier molecular flexibility index (Phi) is 6.43. The van der Waals surface area contributed by atoms with Crippen LogP contribution in [0.15, 0.2) is 24.3 Å². The number of amides is 1. The Balaban J connectivity index is 0.000000246. The summed E-state index contributed by atoms with van der Waals surface area (Å²) in [6.45, 7) is 4.09. The summed E-state index contributed by atoms with van der Waals surface area (Å²) in [4.78, 5) is 32.1. The van der Waals surface area contributed by atoms with Crippen molar-refractivity contribution in [3.05, 3.63) is 35.4 Å². The van der Waals surface area contributed by atoms with Crippen molar-refractivity contribution < 1.29 is 19.1 Å². The van der Waals surface area contributed by atoms with Gasteiger partial charge < -0.3 is 9.64 Å². The van der Waals surface area contributed by atoms with Crippen LogP contribution in [0, 0.1) is 0 Å². The van der Waals surface area contributed by atoms with Crippen LogP contribution in [-0.4, -0.2) is 36.3 Å². The number of esters is 2. The molecule has 5 heteroatoms. The van der Waals surface area contributed by atoms with E-state index < -0.39 is 11.9 Å². The Morgan fingerprint density at radius 1 is 1.05 bits per heavy atom. The molecule has 0 saturated heterocycles. The summed E-state index contributed by atoms with van der Waals surface area (Å²) in [6.07, 6.45) is 2.94. The summed E-state index contributed by atoms with van der Waals surface area (Å²) in [5.74, 6) is -1.12. The third-order valence-corrected chi connectivity index (χ3v) is 2.89. The Labute approximate surface area is 118 Å². The van der Waals surface area contributed by atoms with Gasteiger partial charge >= 0.3 is 11.9 Å². The minimum atomic E-state index is -0.562. The summed E-state index contributed by atoms with van der Waals surface area (Å²) in [7, 11) is 0. The van der Waals surface area contributed by atoms with Gasteiger partial charge in [-0.2, -0.15) is 0 Å². The maximum absolute atomic E-state index is 10.6. The second-order valence-electron chi connectivity index (χ2n) is 4.50. The first-order valence-corrected chi connectivity index (χ1v) is 6.48. The maximum Gasteiger partial charge on any atom is 0.310 e. The Morgan fingerprint density at radius 2 is 1.50 bits per heavy atom. The highest BCUT2D eigenvalue weighted by atomic mass is 16.6. The first-order valence-electron chi connectivity index (χ1n) is 6.48. The number of ether oxygens (including phenoxy) is 1. The van der Waals surface area contributed by atoms with Gasteiger partial charge in [-0.15, -0.1) is 0 Å². The van der Waals surface area contributed by atoms with E-state index in [2.05, 4.69) is 29.0 Å². The molecule has 0 bridgehead atoms. The molecule has 20 heavy (non-hydrogen) atoms. The lowest BCUT2D eigenvalue weighted by molar-refractivity contribution is -0.156. The number of fused-ring (bicyclic) bond motifs is 1. The summed E-state index contributed by atoms with van der Waals surface area (Å²) in [5.41, 5.74) is 2.79. The van der Waals surface area contributed by atoms with Crippen LogP contribution in [0.5, 0.6) is 0 Å². The van der Waals surface area contributed by atoms with E-state index in [9.17, 15) is 14.4 Å². The Hall–Kier alpha value is -2.17. The summed E-state index contributed by atoms with van der Waals surface area (Å²) in [6, 6.07) is 8.44. The molecule has 1 heterocycles. The smallest absolute Gasteiger partial charge is 0.310 e. The quantitative estimate of drug-likeness (QED) is 0.441. The zero-order valence-electron chi connectivity index (χ0n) is 11.8. The van der Waals surface area contributed by atoms with E-state index in [1.807, 2.05) is 4.90 Å². The van der Waals surface area contributed by atoms with Crippen molar-refractivity contribution >= 4 is 18.3 Å². The molecule has 108 valence electrons. The average Bonchev–Trinajstić information content (AvgIpc) is 2.60. The fraction of sp³-hybridized carbons (Fsp3) is 0.400. The molecule has 0 fully saturated rings. The molecule has 0 unspecified atom stereocenters. The van der Waals surface area contributed by atoms with Gasteiger partial charge in [0.05, 0.1) is 0 Å². The van der Waals surface area contributed by atoms with Crippen molar-refractivity contribution in [1.29, 1.82) is 0 Å². The van der Waals surface area contributed by atoms with Gasteiger partial charge in [0.1, 0.15) is 0 Å². The fourth-order valence-electron chi connectivity index (χ4n) is 1.99. The first-order chi connectivity index (χ1) is 9.52. The molecule has 2 rings (SSSR count). The lowest BCUT2D eigenvalue weighted by atomic mass is 10.0. The second-order valence-corrected chi connectivity index (χ2v) is 4.50. The molecule has 0 aliphatic carbocycles. The van der Waals surface area contributed by atoms with Crippen LogP contribution in [0.1, 0.15) is 25.0 Å². The largest absolute Gasteiger partial charge is 0.394 e. The van der Waals surface area contributed by atoms with E-state index in [-0.39, 0.29) is 0 Å². The van der Waals surface area contributed by atoms with Crippen molar-refractivity contribution in [2.45, 2.75) is 26.7 Å². The maximum atomic E-state index is 10.6. The highest BCUT2D eigenvalue weighted by Gasteiger charge is 2.10. The van der Waals surface area contributed by atoms with Crippen LogP contribution in [0.4, 0.5) is 0 Å². The number of carbonyl (C=O) groups excluding carboxylic acids is 3. The van der Waals surface area contributed by atoms with Gasteiger partial charge in [0.25, 0.3) is 0 Å². The lowest BCUT2D eigenvalue weighted by Crippen LogP contribution is -2.24. The molecule has 1 aliphatic rings. The number of hydrogen-bond acceptors (Lipinski definition) is 4. The normalized spacial score (nSPS) is 13.2. The van der Waals surface area contributed by atoms with Gasteiger partial charge in [-0.25, -0.2) is 0 Å². The standard InChI is InChI=1S/C11H13NO.C4H6O3/c13-9-12-7-5-10-3-1-2-4-11(10)6-8-12;1-3(5)7-4(2)6/h1-4,9H,5-8H2;1-2H3. The van der Waals surface area contributed by atoms with Crippen molar-refractivity contribution in [1.82, 2.24) is 4.90 Å². The highest BCUT2D eigenvalue weighted by molar-refractivity contribution is 5.82. The second kappa shape index (κ2) is 8.09. The Bertz CT molecular complexity index is 446. The van der Waals surface area contributed by atoms with Gasteiger partial charge in [-0.05, 0) is 24.0 Å². The van der Waals surface area contributed by atoms with Crippen LogP contribution < -0.4 is 0 Å². The molecular weight excluding hydrogens is 258 g/mol. The topological polar surface area (TPSA) is 63.7 Å². The van der Waals surface area contributed by atoms with Crippen LogP contribution in [0.25, 0.3) is 0 Å². The van der Waals surface area contributed by atoms with Gasteiger partial charge in [0, 0.05) is 26.9 Å². The molecule has 0 N–H and O–H groups in total. The van der Waals surface area contributed by atoms with E-state index in [0.717, 1.165) is 32.3 Å². The molecule has 0 saturated carbocycles. The van der Waals surface area contributed by atoms with Gasteiger partial charge in [-0.3, -0.25) is 14.4 Å². The lowest BCUT2D eigenvalue weighted by Gasteiger charge is -2.12. The summed E-state index contributed by atoms with van der Waals surface area (Å²) < 4.78 is 3.97.